The van der Waals surface area contributed by atoms with Crippen molar-refractivity contribution in [3.63, 3.8) is 0 Å². The third-order valence-electron chi connectivity index (χ3n) is 5.57. The highest BCUT2D eigenvalue weighted by Gasteiger charge is 2.20. The lowest BCUT2D eigenvalue weighted by molar-refractivity contribution is -0.122. The molecule has 6 heteroatoms. The van der Waals surface area contributed by atoms with Gasteiger partial charge in [0.15, 0.2) is 0 Å². The summed E-state index contributed by atoms with van der Waals surface area (Å²) in [5.41, 5.74) is 1.40. The Balaban J connectivity index is 1.69. The Morgan fingerprint density at radius 1 is 1.11 bits per heavy atom. The standard InChI is InChI=1S/C22H29N3O3/c1-15(2)21(23-20(27)14-25-13-12-19(26)24-22(25)28)18-10-8-17(9-11-18)16-6-4-3-5-7-16/h8-13,15-16,21H,3-7,14H2,1-2H3,(H,23,27)(H,24,26,28)/t21-/m0/s1. The van der Waals surface area contributed by atoms with Crippen LogP contribution in [0.25, 0.3) is 0 Å². The number of carbonyl (C=O) groups is 1. The molecule has 1 atom stereocenters. The molecule has 1 amide bonds. The number of H-pyrrole nitrogens is 1. The molecule has 2 N–H and O–H groups in total. The average Bonchev–Trinajstić information content (AvgIpc) is 2.69. The fraction of sp³-hybridized carbons (Fsp3) is 0.500. The van der Waals surface area contributed by atoms with Gasteiger partial charge in [-0.1, -0.05) is 57.4 Å². The second-order valence-electron chi connectivity index (χ2n) is 8.03. The minimum absolute atomic E-state index is 0.126. The predicted molar refractivity (Wildman–Crippen MR) is 109 cm³/mol. The van der Waals surface area contributed by atoms with E-state index in [1.807, 2.05) is 0 Å². The first-order chi connectivity index (χ1) is 13.4. The Labute approximate surface area is 165 Å². The SMILES string of the molecule is CC(C)[C@H](NC(=O)Cn1ccc(=O)[nH]c1=O)c1ccc(C2CCCCC2)cc1. The van der Waals surface area contributed by atoms with Gasteiger partial charge < -0.3 is 5.32 Å². The quantitative estimate of drug-likeness (QED) is 0.804. The number of nitrogens with one attached hydrogen (secondary N) is 2. The van der Waals surface area contributed by atoms with Crippen molar-refractivity contribution in [2.24, 2.45) is 5.92 Å². The van der Waals surface area contributed by atoms with E-state index in [9.17, 15) is 14.4 Å². The van der Waals surface area contributed by atoms with Crippen molar-refractivity contribution >= 4 is 5.91 Å². The molecule has 150 valence electrons. The molecule has 1 aromatic heterocycles. The van der Waals surface area contributed by atoms with Crippen molar-refractivity contribution in [2.45, 2.75) is 64.5 Å². The summed E-state index contributed by atoms with van der Waals surface area (Å²) in [7, 11) is 0. The Morgan fingerprint density at radius 3 is 2.39 bits per heavy atom. The molecule has 1 heterocycles. The molecule has 0 spiro atoms. The first-order valence-corrected chi connectivity index (χ1v) is 10.1. The van der Waals surface area contributed by atoms with Crippen molar-refractivity contribution in [3.05, 3.63) is 68.5 Å². The van der Waals surface area contributed by atoms with Gasteiger partial charge in [-0.25, -0.2) is 4.79 Å². The Kier molecular flexibility index (Phi) is 6.49. The molecule has 0 bridgehead atoms. The van der Waals surface area contributed by atoms with Crippen LogP contribution in [-0.2, 0) is 11.3 Å². The fourth-order valence-electron chi connectivity index (χ4n) is 3.99. The molecule has 0 saturated heterocycles. The Hall–Kier alpha value is -2.63. The number of hydrogen-bond donors (Lipinski definition) is 2. The summed E-state index contributed by atoms with van der Waals surface area (Å²) in [6.45, 7) is 4.00. The third-order valence-corrected chi connectivity index (χ3v) is 5.57. The second-order valence-corrected chi connectivity index (χ2v) is 8.03. The highest BCUT2D eigenvalue weighted by Crippen LogP contribution is 2.33. The van der Waals surface area contributed by atoms with E-state index in [0.717, 1.165) is 5.56 Å². The van der Waals surface area contributed by atoms with Gasteiger partial charge in [-0.2, -0.15) is 0 Å². The molecule has 28 heavy (non-hydrogen) atoms. The van der Waals surface area contributed by atoms with Crippen molar-refractivity contribution in [3.8, 4) is 0 Å². The Morgan fingerprint density at radius 2 is 1.79 bits per heavy atom. The molecule has 3 rings (SSSR count). The monoisotopic (exact) mass is 383 g/mol. The minimum Gasteiger partial charge on any atom is -0.347 e. The smallest absolute Gasteiger partial charge is 0.328 e. The molecule has 1 fully saturated rings. The normalized spacial score (nSPS) is 16.1. The summed E-state index contributed by atoms with van der Waals surface area (Å²) < 4.78 is 1.19. The number of aromatic nitrogens is 2. The van der Waals surface area contributed by atoms with Crippen LogP contribution < -0.4 is 16.6 Å². The maximum Gasteiger partial charge on any atom is 0.328 e. The van der Waals surface area contributed by atoms with E-state index in [4.69, 9.17) is 0 Å². The van der Waals surface area contributed by atoms with Crippen molar-refractivity contribution in [2.75, 3.05) is 0 Å². The minimum atomic E-state index is -0.583. The number of amides is 1. The molecule has 1 saturated carbocycles. The summed E-state index contributed by atoms with van der Waals surface area (Å²) in [5.74, 6) is 0.600. The highest BCUT2D eigenvalue weighted by molar-refractivity contribution is 5.76. The molecule has 1 aliphatic carbocycles. The van der Waals surface area contributed by atoms with Gasteiger partial charge in [-0.05, 0) is 35.8 Å². The Bertz CT molecular complexity index is 906. The van der Waals surface area contributed by atoms with Crippen LogP contribution >= 0.6 is 0 Å². The van der Waals surface area contributed by atoms with Crippen LogP contribution in [0.5, 0.6) is 0 Å². The van der Waals surface area contributed by atoms with Crippen molar-refractivity contribution < 1.29 is 4.79 Å². The molecule has 0 aliphatic heterocycles. The van der Waals surface area contributed by atoms with Crippen LogP contribution in [0.4, 0.5) is 0 Å². The van der Waals surface area contributed by atoms with E-state index in [1.165, 1.54) is 54.5 Å². The fourth-order valence-corrected chi connectivity index (χ4v) is 3.99. The molecule has 0 unspecified atom stereocenters. The van der Waals surface area contributed by atoms with E-state index in [0.29, 0.717) is 5.92 Å². The lowest BCUT2D eigenvalue weighted by Gasteiger charge is -2.25. The first kappa shape index (κ1) is 20.1. The van der Waals surface area contributed by atoms with E-state index in [1.54, 1.807) is 0 Å². The predicted octanol–water partition coefficient (Wildman–Crippen LogP) is 3.10. The van der Waals surface area contributed by atoms with Crippen LogP contribution in [0.15, 0.2) is 46.1 Å². The van der Waals surface area contributed by atoms with E-state index >= 15 is 0 Å². The van der Waals surface area contributed by atoms with Crippen LogP contribution in [0.2, 0.25) is 0 Å². The summed E-state index contributed by atoms with van der Waals surface area (Å²) in [6.07, 6.45) is 7.82. The summed E-state index contributed by atoms with van der Waals surface area (Å²) in [4.78, 5) is 37.6. The molecular weight excluding hydrogens is 354 g/mol. The van der Waals surface area contributed by atoms with Crippen molar-refractivity contribution in [1.82, 2.24) is 14.9 Å². The molecular formula is C22H29N3O3. The zero-order valence-corrected chi connectivity index (χ0v) is 16.6. The summed E-state index contributed by atoms with van der Waals surface area (Å²) in [6, 6.07) is 9.71. The number of benzene rings is 1. The van der Waals surface area contributed by atoms with Gasteiger partial charge in [0.1, 0.15) is 6.54 Å². The van der Waals surface area contributed by atoms with Gasteiger partial charge in [0, 0.05) is 12.3 Å². The van der Waals surface area contributed by atoms with Gasteiger partial charge in [-0.3, -0.25) is 19.1 Å². The van der Waals surface area contributed by atoms with Gasteiger partial charge >= 0.3 is 5.69 Å². The largest absolute Gasteiger partial charge is 0.347 e. The van der Waals surface area contributed by atoms with E-state index in [-0.39, 0.29) is 24.4 Å². The number of hydrogen-bond acceptors (Lipinski definition) is 3. The van der Waals surface area contributed by atoms with Gasteiger partial charge in [0.05, 0.1) is 6.04 Å². The van der Waals surface area contributed by atoms with E-state index < -0.39 is 11.2 Å². The highest BCUT2D eigenvalue weighted by atomic mass is 16.2. The number of aromatic amines is 1. The van der Waals surface area contributed by atoms with Crippen molar-refractivity contribution in [1.29, 1.82) is 0 Å². The van der Waals surface area contributed by atoms with E-state index in [2.05, 4.69) is 48.4 Å². The van der Waals surface area contributed by atoms with Crippen LogP contribution in [-0.4, -0.2) is 15.5 Å². The zero-order valence-electron chi connectivity index (χ0n) is 16.6. The topological polar surface area (TPSA) is 84.0 Å². The van der Waals surface area contributed by atoms with Gasteiger partial charge in [0.25, 0.3) is 5.56 Å². The van der Waals surface area contributed by atoms with Crippen LogP contribution in [0.3, 0.4) is 0 Å². The summed E-state index contributed by atoms with van der Waals surface area (Å²) >= 11 is 0. The van der Waals surface area contributed by atoms with Crippen LogP contribution in [0, 0.1) is 5.92 Å². The lowest BCUT2D eigenvalue weighted by atomic mass is 9.83. The third kappa shape index (κ3) is 5.00. The molecule has 6 nitrogen and oxygen atoms in total. The second kappa shape index (κ2) is 9.04. The zero-order chi connectivity index (χ0) is 20.1. The van der Waals surface area contributed by atoms with Crippen LogP contribution in [0.1, 0.15) is 69.0 Å². The average molecular weight is 383 g/mol. The maximum atomic E-state index is 12.5. The molecule has 1 aromatic carbocycles. The molecule has 2 aromatic rings. The lowest BCUT2D eigenvalue weighted by Crippen LogP contribution is -2.38. The number of rotatable bonds is 6. The summed E-state index contributed by atoms with van der Waals surface area (Å²) in [5, 5.41) is 3.03. The molecule has 0 radical (unpaired) electrons. The van der Waals surface area contributed by atoms with Gasteiger partial charge in [0.2, 0.25) is 5.91 Å². The number of carbonyl (C=O) groups excluding carboxylic acids is 1. The van der Waals surface area contributed by atoms with Gasteiger partial charge in [-0.15, -0.1) is 0 Å². The number of nitrogens with zero attached hydrogens (tertiary/aromatic N) is 1. The molecule has 1 aliphatic rings. The first-order valence-electron chi connectivity index (χ1n) is 10.1. The maximum absolute atomic E-state index is 12.5.